The molecule has 12 heteroatoms. The number of H-pyrrole nitrogens is 1. The van der Waals surface area contributed by atoms with E-state index in [0.29, 0.717) is 11.3 Å². The van der Waals surface area contributed by atoms with Gasteiger partial charge in [-0.25, -0.2) is 4.79 Å². The fourth-order valence-electron chi connectivity index (χ4n) is 4.10. The van der Waals surface area contributed by atoms with Crippen LogP contribution in [0.5, 0.6) is 5.75 Å². The first-order valence-electron chi connectivity index (χ1n) is 12.4. The molecular formula is C27H33N5O6S. The minimum atomic E-state index is -1.25. The summed E-state index contributed by atoms with van der Waals surface area (Å²) in [5.41, 5.74) is 7.75. The largest absolute Gasteiger partial charge is 0.508 e. The molecule has 3 amide bonds. The number of fused-ring (bicyclic) bond motifs is 1. The number of carbonyl (C=O) groups excluding carboxylic acids is 3. The molecule has 3 atom stereocenters. The number of rotatable bonds is 14. The number of thioether (sulfide) groups is 1. The number of aromatic hydroxyl groups is 1. The Morgan fingerprint density at radius 2 is 1.59 bits per heavy atom. The van der Waals surface area contributed by atoms with Crippen molar-refractivity contribution in [2.24, 2.45) is 5.73 Å². The molecule has 0 fully saturated rings. The third-order valence-electron chi connectivity index (χ3n) is 6.17. The number of amides is 3. The van der Waals surface area contributed by atoms with Gasteiger partial charge in [0.15, 0.2) is 0 Å². The van der Waals surface area contributed by atoms with Crippen LogP contribution in [0.2, 0.25) is 0 Å². The van der Waals surface area contributed by atoms with Crippen molar-refractivity contribution in [2.45, 2.75) is 37.4 Å². The van der Waals surface area contributed by atoms with E-state index in [1.54, 1.807) is 18.3 Å². The lowest BCUT2D eigenvalue weighted by Gasteiger charge is -2.24. The molecule has 3 unspecified atom stereocenters. The molecule has 2 aromatic carbocycles. The zero-order chi connectivity index (χ0) is 28.4. The standard InChI is InChI=1S/C27H33N5O6S/c1-39-11-10-21(25(35)32-23(27(37)38)12-16-6-8-18(33)9-7-16)31-26(36)22(30-24(34)14-28)13-17-15-29-20-5-3-2-4-19(17)20/h2-9,15,21-23,29,33H,10-14,28H2,1H3,(H,30,34)(H,31,36)(H,32,35)(H,37,38). The molecule has 1 heterocycles. The number of phenols is 1. The van der Waals surface area contributed by atoms with Gasteiger partial charge in [-0.1, -0.05) is 30.3 Å². The minimum absolute atomic E-state index is 0.0136. The van der Waals surface area contributed by atoms with Gasteiger partial charge in [-0.15, -0.1) is 0 Å². The number of aromatic nitrogens is 1. The Hall–Kier alpha value is -4.03. The quantitative estimate of drug-likeness (QED) is 0.153. The lowest BCUT2D eigenvalue weighted by Crippen LogP contribution is -2.57. The van der Waals surface area contributed by atoms with Crippen LogP contribution in [0.3, 0.4) is 0 Å². The Balaban J connectivity index is 1.76. The Labute approximate surface area is 229 Å². The van der Waals surface area contributed by atoms with Gasteiger partial charge in [-0.2, -0.15) is 11.8 Å². The maximum absolute atomic E-state index is 13.4. The van der Waals surface area contributed by atoms with E-state index in [-0.39, 0.29) is 31.6 Å². The van der Waals surface area contributed by atoms with Gasteiger partial charge in [0.05, 0.1) is 6.54 Å². The van der Waals surface area contributed by atoms with Gasteiger partial charge in [0.25, 0.3) is 0 Å². The van der Waals surface area contributed by atoms with E-state index < -0.39 is 41.8 Å². The lowest BCUT2D eigenvalue weighted by molar-refractivity contribution is -0.142. The first-order chi connectivity index (χ1) is 18.7. The number of carboxylic acids is 1. The monoisotopic (exact) mass is 555 g/mol. The average molecular weight is 556 g/mol. The Bertz CT molecular complexity index is 1300. The smallest absolute Gasteiger partial charge is 0.326 e. The molecule has 0 aliphatic carbocycles. The first-order valence-corrected chi connectivity index (χ1v) is 13.8. The normalized spacial score (nSPS) is 13.3. The molecule has 11 nitrogen and oxygen atoms in total. The third-order valence-corrected chi connectivity index (χ3v) is 6.81. The zero-order valence-corrected chi connectivity index (χ0v) is 22.3. The lowest BCUT2D eigenvalue weighted by atomic mass is 10.0. The maximum Gasteiger partial charge on any atom is 0.326 e. The van der Waals surface area contributed by atoms with Crippen molar-refractivity contribution in [3.8, 4) is 5.75 Å². The zero-order valence-electron chi connectivity index (χ0n) is 21.5. The van der Waals surface area contributed by atoms with E-state index in [0.717, 1.165) is 16.5 Å². The first kappa shape index (κ1) is 29.5. The number of benzene rings is 2. The minimum Gasteiger partial charge on any atom is -0.508 e. The van der Waals surface area contributed by atoms with Crippen LogP contribution >= 0.6 is 11.8 Å². The summed E-state index contributed by atoms with van der Waals surface area (Å²) in [5, 5.41) is 27.9. The highest BCUT2D eigenvalue weighted by atomic mass is 32.2. The fourth-order valence-corrected chi connectivity index (χ4v) is 4.57. The Kier molecular flexibility index (Phi) is 10.8. The molecule has 0 bridgehead atoms. The molecule has 3 rings (SSSR count). The van der Waals surface area contributed by atoms with Crippen molar-refractivity contribution in [2.75, 3.05) is 18.6 Å². The Morgan fingerprint density at radius 3 is 2.26 bits per heavy atom. The summed E-state index contributed by atoms with van der Waals surface area (Å²) in [6, 6.07) is 10.2. The molecule has 0 aliphatic rings. The van der Waals surface area contributed by atoms with Crippen molar-refractivity contribution < 1.29 is 29.4 Å². The van der Waals surface area contributed by atoms with E-state index in [2.05, 4.69) is 20.9 Å². The van der Waals surface area contributed by atoms with E-state index in [9.17, 15) is 29.4 Å². The summed E-state index contributed by atoms with van der Waals surface area (Å²) >= 11 is 1.47. The molecule has 0 saturated heterocycles. The number of aromatic amines is 1. The van der Waals surface area contributed by atoms with E-state index >= 15 is 0 Å². The highest BCUT2D eigenvalue weighted by Crippen LogP contribution is 2.19. The average Bonchev–Trinajstić information content (AvgIpc) is 3.33. The van der Waals surface area contributed by atoms with Gasteiger partial charge in [-0.05, 0) is 47.8 Å². The second-order valence-electron chi connectivity index (χ2n) is 9.00. The molecule has 39 heavy (non-hydrogen) atoms. The number of hydrogen-bond donors (Lipinski definition) is 7. The number of phenolic OH excluding ortho intramolecular Hbond substituents is 1. The number of nitrogens with two attached hydrogens (primary N) is 1. The van der Waals surface area contributed by atoms with Gasteiger partial charge in [0.1, 0.15) is 23.9 Å². The summed E-state index contributed by atoms with van der Waals surface area (Å²) in [5.74, 6) is -2.44. The van der Waals surface area contributed by atoms with Crippen LogP contribution < -0.4 is 21.7 Å². The molecule has 0 spiro atoms. The predicted octanol–water partition coefficient (Wildman–Crippen LogP) is 0.910. The van der Waals surface area contributed by atoms with Gasteiger partial charge >= 0.3 is 5.97 Å². The molecule has 1 aromatic heterocycles. The van der Waals surface area contributed by atoms with Crippen LogP contribution in [-0.2, 0) is 32.0 Å². The van der Waals surface area contributed by atoms with E-state index in [1.807, 2.05) is 30.5 Å². The second-order valence-corrected chi connectivity index (χ2v) is 9.99. The van der Waals surface area contributed by atoms with Gasteiger partial charge in [0.2, 0.25) is 17.7 Å². The van der Waals surface area contributed by atoms with Crippen molar-refractivity contribution in [3.63, 3.8) is 0 Å². The summed E-state index contributed by atoms with van der Waals surface area (Å²) in [7, 11) is 0. The van der Waals surface area contributed by atoms with Crippen LogP contribution in [0.4, 0.5) is 0 Å². The predicted molar refractivity (Wildman–Crippen MR) is 149 cm³/mol. The van der Waals surface area contributed by atoms with Crippen molar-refractivity contribution in [3.05, 3.63) is 65.9 Å². The highest BCUT2D eigenvalue weighted by Gasteiger charge is 2.30. The molecular weight excluding hydrogens is 522 g/mol. The van der Waals surface area contributed by atoms with Crippen LogP contribution in [0.1, 0.15) is 17.5 Å². The van der Waals surface area contributed by atoms with E-state index in [1.165, 1.54) is 23.9 Å². The molecule has 208 valence electrons. The molecule has 0 aliphatic heterocycles. The number of hydrogen-bond acceptors (Lipinski definition) is 7. The molecule has 3 aromatic rings. The summed E-state index contributed by atoms with van der Waals surface area (Å²) < 4.78 is 0. The second kappa shape index (κ2) is 14.2. The molecule has 0 radical (unpaired) electrons. The van der Waals surface area contributed by atoms with Crippen LogP contribution in [0.15, 0.2) is 54.7 Å². The van der Waals surface area contributed by atoms with Crippen LogP contribution in [0.25, 0.3) is 10.9 Å². The highest BCUT2D eigenvalue weighted by molar-refractivity contribution is 7.98. The summed E-state index contributed by atoms with van der Waals surface area (Å²) in [6.07, 6.45) is 3.99. The molecule has 8 N–H and O–H groups in total. The Morgan fingerprint density at radius 1 is 0.923 bits per heavy atom. The number of carboxylic acid groups (broad SMARTS) is 1. The van der Waals surface area contributed by atoms with Gasteiger partial charge in [-0.3, -0.25) is 14.4 Å². The number of carbonyl (C=O) groups is 4. The number of para-hydroxylation sites is 1. The van der Waals surface area contributed by atoms with E-state index in [4.69, 9.17) is 5.73 Å². The summed E-state index contributed by atoms with van der Waals surface area (Å²) in [6.45, 7) is -0.314. The third kappa shape index (κ3) is 8.48. The fraction of sp³-hybridized carbons (Fsp3) is 0.333. The van der Waals surface area contributed by atoms with Crippen LogP contribution in [0, 0.1) is 0 Å². The number of nitrogens with one attached hydrogen (secondary N) is 4. The summed E-state index contributed by atoms with van der Waals surface area (Å²) in [4.78, 5) is 53.7. The van der Waals surface area contributed by atoms with Crippen molar-refractivity contribution in [1.29, 1.82) is 0 Å². The van der Waals surface area contributed by atoms with Crippen molar-refractivity contribution >= 4 is 46.4 Å². The SMILES string of the molecule is CSCCC(NC(=O)C(Cc1c[nH]c2ccccc12)NC(=O)CN)C(=O)NC(Cc1ccc(O)cc1)C(=O)O. The van der Waals surface area contributed by atoms with Gasteiger partial charge in [0, 0.05) is 29.9 Å². The van der Waals surface area contributed by atoms with Crippen molar-refractivity contribution in [1.82, 2.24) is 20.9 Å². The molecule has 0 saturated carbocycles. The topological polar surface area (TPSA) is 187 Å². The maximum atomic E-state index is 13.4. The van der Waals surface area contributed by atoms with Crippen LogP contribution in [-0.4, -0.2) is 75.6 Å². The van der Waals surface area contributed by atoms with Gasteiger partial charge < -0.3 is 36.9 Å². The number of aliphatic carboxylic acids is 1.